The molecule has 43 valence electrons. The molecule has 0 saturated carbocycles. The van der Waals surface area contributed by atoms with Crippen LogP contribution in [0.2, 0.25) is 0 Å². The molecule has 0 heterocycles. The van der Waals surface area contributed by atoms with Gasteiger partial charge in [0.15, 0.2) is 0 Å². The Balaban J connectivity index is 2.83. The van der Waals surface area contributed by atoms with Gasteiger partial charge in [-0.15, -0.1) is 0 Å². The summed E-state index contributed by atoms with van der Waals surface area (Å²) in [7, 11) is 1.89. The van der Waals surface area contributed by atoms with Crippen molar-refractivity contribution in [2.45, 2.75) is 19.8 Å². The molecule has 0 unspecified atom stereocenters. The zero-order chi connectivity index (χ0) is 5.70. The van der Waals surface area contributed by atoms with Crippen LogP contribution in [0.25, 0.3) is 0 Å². The van der Waals surface area contributed by atoms with E-state index < -0.39 is 0 Å². The van der Waals surface area contributed by atoms with Crippen LogP contribution >= 0.6 is 12.6 Å². The van der Waals surface area contributed by atoms with Gasteiger partial charge < -0.3 is 5.32 Å². The fourth-order valence-electron chi connectivity index (χ4n) is 0.362. The number of nitrogens with one attached hydrogen (secondary N) is 1. The number of rotatable bonds is 3. The second-order valence-electron chi connectivity index (χ2n) is 1.45. The van der Waals surface area contributed by atoms with Gasteiger partial charge in [0.25, 0.3) is 0 Å². The average Bonchev–Trinajstić information content (AvgIpc) is 1.68. The van der Waals surface area contributed by atoms with Crippen LogP contribution in [0.4, 0.5) is 0 Å². The predicted molar refractivity (Wildman–Crippen MR) is 36.2 cm³/mol. The topological polar surface area (TPSA) is 12.0 Å². The summed E-state index contributed by atoms with van der Waals surface area (Å²) >= 11 is 4.12. The monoisotopic (exact) mass is 118 g/mol. The molecule has 0 fully saturated rings. The van der Waals surface area contributed by atoms with Crippen LogP contribution in [0.15, 0.2) is 0 Å². The minimum absolute atomic E-state index is 1.07. The summed E-state index contributed by atoms with van der Waals surface area (Å²) < 4.78 is 0. The van der Waals surface area contributed by atoms with Gasteiger partial charge in [-0.1, -0.05) is 13.3 Å². The van der Waals surface area contributed by atoms with Gasteiger partial charge in [-0.2, -0.15) is 12.6 Å². The fourth-order valence-corrected chi connectivity index (χ4v) is 0.585. The van der Waals surface area contributed by atoms with Gasteiger partial charge in [-0.25, -0.2) is 0 Å². The summed E-state index contributed by atoms with van der Waals surface area (Å²) in [6, 6.07) is 0. The molecule has 1 nitrogen and oxygen atoms in total. The predicted octanol–water partition coefficient (Wildman–Crippen LogP) is 1.43. The van der Waals surface area contributed by atoms with E-state index in [0.717, 1.165) is 11.8 Å². The van der Waals surface area contributed by atoms with Gasteiger partial charge in [0, 0.05) is 0 Å². The lowest BCUT2D eigenvalue weighted by atomic mass is 10.3. The molecule has 0 aromatic heterocycles. The summed E-state index contributed by atoms with van der Waals surface area (Å²) in [5.74, 6) is 0. The van der Waals surface area contributed by atoms with Crippen LogP contribution in [0, 0.1) is 5.37 Å². The Morgan fingerprint density at radius 2 is 2.29 bits per heavy atom. The molecule has 0 saturated heterocycles. The Labute approximate surface area is 50.9 Å². The smallest absolute Gasteiger partial charge is 0.0890 e. The molecule has 0 aliphatic heterocycles. The van der Waals surface area contributed by atoms with Gasteiger partial charge in [0.05, 0.1) is 5.37 Å². The molecule has 0 amide bonds. The molecule has 0 spiro atoms. The highest BCUT2D eigenvalue weighted by Crippen LogP contribution is 2.06. The SMILES string of the molecule is CCC[C](S)NC. The van der Waals surface area contributed by atoms with Gasteiger partial charge in [0.2, 0.25) is 0 Å². The van der Waals surface area contributed by atoms with E-state index in [0.29, 0.717) is 0 Å². The van der Waals surface area contributed by atoms with E-state index in [2.05, 4.69) is 24.9 Å². The maximum Gasteiger partial charge on any atom is 0.0890 e. The summed E-state index contributed by atoms with van der Waals surface area (Å²) in [5.41, 5.74) is 0. The van der Waals surface area contributed by atoms with Gasteiger partial charge in [0.1, 0.15) is 0 Å². The first kappa shape index (κ1) is 7.31. The molecule has 0 rings (SSSR count). The van der Waals surface area contributed by atoms with Crippen molar-refractivity contribution in [3.8, 4) is 0 Å². The van der Waals surface area contributed by atoms with Crippen LogP contribution in [0.5, 0.6) is 0 Å². The van der Waals surface area contributed by atoms with Crippen molar-refractivity contribution in [1.82, 2.24) is 5.32 Å². The second kappa shape index (κ2) is 4.47. The molecule has 0 aromatic carbocycles. The highest BCUT2D eigenvalue weighted by molar-refractivity contribution is 7.83. The first-order chi connectivity index (χ1) is 3.31. The van der Waals surface area contributed by atoms with E-state index >= 15 is 0 Å². The molecule has 0 atom stereocenters. The van der Waals surface area contributed by atoms with E-state index in [1.54, 1.807) is 0 Å². The first-order valence-corrected chi connectivity index (χ1v) is 2.98. The Kier molecular flexibility index (Phi) is 4.67. The quantitative estimate of drug-likeness (QED) is 0.534. The van der Waals surface area contributed by atoms with Crippen molar-refractivity contribution < 1.29 is 0 Å². The summed E-state index contributed by atoms with van der Waals surface area (Å²) in [5, 5.41) is 4.02. The molecule has 7 heavy (non-hydrogen) atoms. The molecule has 1 N–H and O–H groups in total. The van der Waals surface area contributed by atoms with Crippen LogP contribution in [0.3, 0.4) is 0 Å². The highest BCUT2D eigenvalue weighted by Gasteiger charge is 1.93. The lowest BCUT2D eigenvalue weighted by Crippen LogP contribution is -2.08. The first-order valence-electron chi connectivity index (χ1n) is 2.53. The normalized spacial score (nSPS) is 10.3. The molecule has 0 aromatic rings. The highest BCUT2D eigenvalue weighted by atomic mass is 32.1. The Bertz CT molecular complexity index is 39.1. The van der Waals surface area contributed by atoms with Crippen molar-refractivity contribution in [2.24, 2.45) is 0 Å². The third kappa shape index (κ3) is 4.16. The minimum atomic E-state index is 1.07. The third-order valence-corrected chi connectivity index (χ3v) is 1.22. The molecule has 0 aliphatic rings. The van der Waals surface area contributed by atoms with Crippen molar-refractivity contribution in [1.29, 1.82) is 0 Å². The van der Waals surface area contributed by atoms with E-state index in [1.165, 1.54) is 6.42 Å². The van der Waals surface area contributed by atoms with E-state index in [4.69, 9.17) is 0 Å². The second-order valence-corrected chi connectivity index (χ2v) is 1.99. The maximum atomic E-state index is 4.12. The third-order valence-electron chi connectivity index (χ3n) is 0.775. The summed E-state index contributed by atoms with van der Waals surface area (Å²) in [6.45, 7) is 2.13. The van der Waals surface area contributed by atoms with Crippen molar-refractivity contribution in [3.63, 3.8) is 0 Å². The molecular formula is C5H12NS. The fraction of sp³-hybridized carbons (Fsp3) is 0.800. The van der Waals surface area contributed by atoms with Crippen molar-refractivity contribution in [2.75, 3.05) is 7.05 Å². The maximum absolute atomic E-state index is 4.12. The van der Waals surface area contributed by atoms with Crippen LogP contribution in [0.1, 0.15) is 19.8 Å². The largest absolute Gasteiger partial charge is 0.304 e. The Hall–Kier alpha value is 0.310. The van der Waals surface area contributed by atoms with Crippen LogP contribution < -0.4 is 5.32 Å². The zero-order valence-electron chi connectivity index (χ0n) is 4.86. The standard InChI is InChI=1S/C5H12NS/c1-3-4-5(7)6-2/h6-7H,3-4H2,1-2H3. The average molecular weight is 118 g/mol. The molecule has 0 bridgehead atoms. The zero-order valence-corrected chi connectivity index (χ0v) is 5.76. The van der Waals surface area contributed by atoms with Crippen molar-refractivity contribution >= 4 is 12.6 Å². The van der Waals surface area contributed by atoms with Gasteiger partial charge in [-0.3, -0.25) is 0 Å². The van der Waals surface area contributed by atoms with Crippen LogP contribution in [-0.4, -0.2) is 7.05 Å². The molecule has 0 aliphatic carbocycles. The molecule has 1 radical (unpaired) electrons. The van der Waals surface area contributed by atoms with Gasteiger partial charge >= 0.3 is 0 Å². The number of hydrogen-bond acceptors (Lipinski definition) is 2. The van der Waals surface area contributed by atoms with E-state index in [9.17, 15) is 0 Å². The Morgan fingerprint density at radius 1 is 1.71 bits per heavy atom. The lowest BCUT2D eigenvalue weighted by Gasteiger charge is -2.02. The van der Waals surface area contributed by atoms with Crippen LogP contribution in [-0.2, 0) is 0 Å². The summed E-state index contributed by atoms with van der Waals surface area (Å²) in [6.07, 6.45) is 2.24. The number of hydrogen-bond donors (Lipinski definition) is 2. The number of thiol groups is 1. The summed E-state index contributed by atoms with van der Waals surface area (Å²) in [4.78, 5) is 0. The van der Waals surface area contributed by atoms with Crippen molar-refractivity contribution in [3.05, 3.63) is 5.37 Å². The van der Waals surface area contributed by atoms with Gasteiger partial charge in [-0.05, 0) is 13.5 Å². The van der Waals surface area contributed by atoms with E-state index in [1.807, 2.05) is 7.05 Å². The van der Waals surface area contributed by atoms with E-state index in [-0.39, 0.29) is 0 Å². The molecule has 2 heteroatoms. The Morgan fingerprint density at radius 3 is 2.43 bits per heavy atom. The molecular weight excluding hydrogens is 106 g/mol. The minimum Gasteiger partial charge on any atom is -0.304 e. The lowest BCUT2D eigenvalue weighted by molar-refractivity contribution is 0.782.